The van der Waals surface area contributed by atoms with Crippen LogP contribution < -0.4 is 10.6 Å². The van der Waals surface area contributed by atoms with Gasteiger partial charge in [0.15, 0.2) is 6.29 Å². The van der Waals surface area contributed by atoms with Gasteiger partial charge in [0, 0.05) is 39.1 Å². The molecule has 3 N–H and O–H groups in total. The minimum Gasteiger partial charge on any atom is -0.358 e. The Morgan fingerprint density at radius 3 is 2.49 bits per heavy atom. The second kappa shape index (κ2) is 14.8. The number of fused-ring (bicyclic) bond motifs is 1. The molecular formula is C27H37BrN4O3. The van der Waals surface area contributed by atoms with Gasteiger partial charge in [-0.2, -0.15) is 0 Å². The molecule has 1 aromatic carbocycles. The summed E-state index contributed by atoms with van der Waals surface area (Å²) in [6.45, 7) is 7.12. The summed E-state index contributed by atoms with van der Waals surface area (Å²) in [7, 11) is 4.15. The third-order valence-corrected chi connectivity index (χ3v) is 6.53. The first-order valence-corrected chi connectivity index (χ1v) is 12.9. The molecule has 2 heterocycles. The van der Waals surface area contributed by atoms with Crippen molar-refractivity contribution in [2.75, 3.05) is 39.0 Å². The number of aromatic nitrogens is 1. The largest absolute Gasteiger partial charge is 0.358 e. The summed E-state index contributed by atoms with van der Waals surface area (Å²) in [6.07, 6.45) is 9.01. The van der Waals surface area contributed by atoms with Crippen LogP contribution in [-0.4, -0.2) is 62.1 Å². The average Bonchev–Trinajstić information content (AvgIpc) is 3.28. The second-order valence-corrected chi connectivity index (χ2v) is 9.71. The number of aryl methyl sites for hydroxylation is 1. The van der Waals surface area contributed by atoms with Crippen molar-refractivity contribution in [3.8, 4) is 0 Å². The molecule has 0 saturated heterocycles. The molecule has 1 aromatic heterocycles. The highest BCUT2D eigenvalue weighted by atomic mass is 79.9. The van der Waals surface area contributed by atoms with E-state index in [9.17, 15) is 14.4 Å². The maximum atomic E-state index is 12.1. The Morgan fingerprint density at radius 2 is 1.83 bits per heavy atom. The Kier molecular flexibility index (Phi) is 12.1. The highest BCUT2D eigenvalue weighted by molar-refractivity contribution is 9.10. The molecular weight excluding hydrogens is 508 g/mol. The monoisotopic (exact) mass is 544 g/mol. The van der Waals surface area contributed by atoms with Gasteiger partial charge in [-0.05, 0) is 96.7 Å². The number of nitrogens with one attached hydrogen (secondary N) is 3. The Balaban J connectivity index is 0.000000271. The molecule has 0 spiro atoms. The van der Waals surface area contributed by atoms with Crippen LogP contribution in [0, 0.1) is 13.8 Å². The van der Waals surface area contributed by atoms with E-state index in [1.165, 1.54) is 19.3 Å². The van der Waals surface area contributed by atoms with Crippen LogP contribution >= 0.6 is 15.9 Å². The normalized spacial score (nSPS) is 13.4. The molecule has 0 fully saturated rings. The average molecular weight is 546 g/mol. The molecule has 2 aromatic rings. The molecule has 0 bridgehead atoms. The van der Waals surface area contributed by atoms with Crippen LogP contribution in [0.5, 0.6) is 0 Å². The summed E-state index contributed by atoms with van der Waals surface area (Å²) < 4.78 is 0.914. The Labute approximate surface area is 216 Å². The maximum Gasteiger partial charge on any atom is 0.256 e. The number of anilines is 1. The number of amides is 1. The maximum absolute atomic E-state index is 12.1. The van der Waals surface area contributed by atoms with Crippen molar-refractivity contribution in [1.29, 1.82) is 0 Å². The summed E-state index contributed by atoms with van der Waals surface area (Å²) >= 11 is 3.42. The number of unbranched alkanes of at least 4 members (excludes halogenated alkanes) is 3. The van der Waals surface area contributed by atoms with E-state index in [1.807, 2.05) is 39.1 Å². The molecule has 0 atom stereocenters. The van der Waals surface area contributed by atoms with Crippen molar-refractivity contribution >= 4 is 51.7 Å². The zero-order valence-electron chi connectivity index (χ0n) is 21.2. The smallest absolute Gasteiger partial charge is 0.256 e. The third-order valence-electron chi connectivity index (χ3n) is 6.03. The van der Waals surface area contributed by atoms with Crippen LogP contribution in [0.4, 0.5) is 5.69 Å². The van der Waals surface area contributed by atoms with Crippen molar-refractivity contribution in [2.24, 2.45) is 0 Å². The molecule has 8 heteroatoms. The first kappa shape index (κ1) is 28.7. The summed E-state index contributed by atoms with van der Waals surface area (Å²) in [5, 5.41) is 5.98. The van der Waals surface area contributed by atoms with E-state index in [0.717, 1.165) is 77.7 Å². The minimum atomic E-state index is -0.137. The van der Waals surface area contributed by atoms with Crippen molar-refractivity contribution in [2.45, 2.75) is 46.0 Å². The fourth-order valence-corrected chi connectivity index (χ4v) is 4.34. The van der Waals surface area contributed by atoms with Crippen LogP contribution in [0.1, 0.15) is 65.0 Å². The number of nitrogens with zero attached hydrogens (tertiary/aromatic N) is 1. The van der Waals surface area contributed by atoms with Gasteiger partial charge >= 0.3 is 0 Å². The summed E-state index contributed by atoms with van der Waals surface area (Å²) in [5.74, 6) is -0.137. The molecule has 3 rings (SSSR count). The SMILES string of the molecule is CNCCCN(C)CCCCCC=O.Cc1[nH]c(/C=C2\C(=O)Nc3ccc(Br)cc32)c(C)c1C=O. The number of hydrogen-bond acceptors (Lipinski definition) is 5. The predicted octanol–water partition coefficient (Wildman–Crippen LogP) is 4.99. The quantitative estimate of drug-likeness (QED) is 0.199. The molecule has 1 aliphatic heterocycles. The summed E-state index contributed by atoms with van der Waals surface area (Å²) in [6, 6.07) is 5.66. The lowest BCUT2D eigenvalue weighted by Gasteiger charge is -2.15. The van der Waals surface area contributed by atoms with Gasteiger partial charge in [0.25, 0.3) is 5.91 Å². The van der Waals surface area contributed by atoms with E-state index in [2.05, 4.69) is 43.5 Å². The van der Waals surface area contributed by atoms with E-state index in [-0.39, 0.29) is 5.91 Å². The number of rotatable bonds is 12. The Hall–Kier alpha value is -2.55. The standard InChI is InChI=1S/C16H13BrN2O2.C11H24N2O/c1-8-13(7-20)9(2)18-15(8)6-12-11-5-10(17)3-4-14(11)19-16(12)21;1-12-8-7-10-13(2)9-5-3-4-6-11-14/h3-7,18H,1-2H3,(H,19,21);11-12H,3-10H2,1-2H3/b12-6-;. The summed E-state index contributed by atoms with van der Waals surface area (Å²) in [4.78, 5) is 38.8. The minimum absolute atomic E-state index is 0.137. The van der Waals surface area contributed by atoms with E-state index < -0.39 is 0 Å². The van der Waals surface area contributed by atoms with Crippen LogP contribution in [0.3, 0.4) is 0 Å². The van der Waals surface area contributed by atoms with E-state index in [0.29, 0.717) is 11.1 Å². The van der Waals surface area contributed by atoms with E-state index in [4.69, 9.17) is 0 Å². The van der Waals surface area contributed by atoms with Crippen molar-refractivity contribution in [3.63, 3.8) is 0 Å². The van der Waals surface area contributed by atoms with Crippen LogP contribution in [0.2, 0.25) is 0 Å². The van der Waals surface area contributed by atoms with E-state index in [1.54, 1.807) is 6.08 Å². The van der Waals surface area contributed by atoms with Gasteiger partial charge in [-0.3, -0.25) is 9.59 Å². The number of aldehydes is 2. The highest BCUT2D eigenvalue weighted by Gasteiger charge is 2.25. The molecule has 0 saturated carbocycles. The molecule has 1 aliphatic rings. The van der Waals surface area contributed by atoms with Crippen molar-refractivity contribution in [1.82, 2.24) is 15.2 Å². The molecule has 0 aliphatic carbocycles. The van der Waals surface area contributed by atoms with Crippen molar-refractivity contribution < 1.29 is 14.4 Å². The van der Waals surface area contributed by atoms with Gasteiger partial charge in [0.1, 0.15) is 6.29 Å². The molecule has 1 amide bonds. The number of H-pyrrole nitrogens is 1. The number of hydrogen-bond donors (Lipinski definition) is 3. The molecule has 7 nitrogen and oxygen atoms in total. The molecule has 190 valence electrons. The number of carbonyl (C=O) groups is 3. The second-order valence-electron chi connectivity index (χ2n) is 8.80. The lowest BCUT2D eigenvalue weighted by atomic mass is 10.0. The first-order valence-electron chi connectivity index (χ1n) is 12.1. The van der Waals surface area contributed by atoms with Crippen LogP contribution in [0.25, 0.3) is 11.6 Å². The zero-order chi connectivity index (χ0) is 25.8. The lowest BCUT2D eigenvalue weighted by molar-refractivity contribution is -0.111. The van der Waals surface area contributed by atoms with E-state index >= 15 is 0 Å². The van der Waals surface area contributed by atoms with Crippen molar-refractivity contribution in [3.05, 3.63) is 50.8 Å². The Bertz CT molecular complexity index is 1050. The van der Waals surface area contributed by atoms with Crippen LogP contribution in [-0.2, 0) is 9.59 Å². The summed E-state index contributed by atoms with van der Waals surface area (Å²) in [5.41, 5.74) is 5.34. The molecule has 0 unspecified atom stereocenters. The van der Waals surface area contributed by atoms with Gasteiger partial charge in [-0.25, -0.2) is 0 Å². The topological polar surface area (TPSA) is 94.3 Å². The third kappa shape index (κ3) is 8.56. The van der Waals surface area contributed by atoms with Gasteiger partial charge in [0.05, 0.1) is 5.57 Å². The fourth-order valence-electron chi connectivity index (χ4n) is 3.98. The van der Waals surface area contributed by atoms with Crippen LogP contribution in [0.15, 0.2) is 22.7 Å². The van der Waals surface area contributed by atoms with Gasteiger partial charge in [-0.15, -0.1) is 0 Å². The van der Waals surface area contributed by atoms with Gasteiger partial charge in [0.2, 0.25) is 0 Å². The Morgan fingerprint density at radius 1 is 1.09 bits per heavy atom. The fraction of sp³-hybridized carbons (Fsp3) is 0.444. The highest BCUT2D eigenvalue weighted by Crippen LogP contribution is 2.35. The first-order chi connectivity index (χ1) is 16.8. The van der Waals surface area contributed by atoms with Gasteiger partial charge in [-0.1, -0.05) is 22.4 Å². The number of aromatic amines is 1. The number of carbonyl (C=O) groups excluding carboxylic acids is 3. The molecule has 35 heavy (non-hydrogen) atoms. The predicted molar refractivity (Wildman–Crippen MR) is 147 cm³/mol. The number of benzene rings is 1. The lowest BCUT2D eigenvalue weighted by Crippen LogP contribution is -2.23. The zero-order valence-corrected chi connectivity index (χ0v) is 22.8. The molecule has 0 radical (unpaired) electrons. The number of halogens is 1. The van der Waals surface area contributed by atoms with Gasteiger partial charge < -0.3 is 25.3 Å².